The number of hydrogen-bond acceptors (Lipinski definition) is 3. The Labute approximate surface area is 112 Å². The van der Waals surface area contributed by atoms with Crippen LogP contribution in [0.1, 0.15) is 25.3 Å². The molecule has 0 aromatic heterocycles. The van der Waals surface area contributed by atoms with Crippen LogP contribution in [-0.2, 0) is 20.9 Å². The molecule has 2 amide bonds. The minimum atomic E-state index is -0.661. The molecule has 0 heterocycles. The minimum absolute atomic E-state index is 0.240. The van der Waals surface area contributed by atoms with Gasteiger partial charge in [-0.15, -0.1) is 0 Å². The first-order valence-corrected chi connectivity index (χ1v) is 6.16. The Balaban J connectivity index is 2.51. The van der Waals surface area contributed by atoms with Crippen LogP contribution in [0.3, 0.4) is 0 Å². The van der Waals surface area contributed by atoms with Crippen LogP contribution in [-0.4, -0.2) is 24.1 Å². The van der Waals surface area contributed by atoms with Crippen molar-refractivity contribution in [3.63, 3.8) is 0 Å². The van der Waals surface area contributed by atoms with E-state index in [1.165, 1.54) is 6.92 Å². The highest BCUT2D eigenvalue weighted by Crippen LogP contribution is 2.00. The van der Waals surface area contributed by atoms with E-state index < -0.39 is 6.04 Å². The Hall–Kier alpha value is -2.17. The zero-order valence-corrected chi connectivity index (χ0v) is 10.9. The lowest BCUT2D eigenvalue weighted by molar-refractivity contribution is -0.128. The normalized spacial score (nSPS) is 11.4. The van der Waals surface area contributed by atoms with Crippen molar-refractivity contribution in [3.8, 4) is 0 Å². The van der Waals surface area contributed by atoms with E-state index in [0.29, 0.717) is 13.0 Å². The molecule has 0 unspecified atom stereocenters. The van der Waals surface area contributed by atoms with Crippen LogP contribution >= 0.6 is 0 Å². The first-order chi connectivity index (χ1) is 9.13. The van der Waals surface area contributed by atoms with E-state index in [0.717, 1.165) is 11.8 Å². The molecule has 0 aliphatic rings. The number of carbonyl (C=O) groups excluding carboxylic acids is 3. The van der Waals surface area contributed by atoms with Gasteiger partial charge in [-0.05, 0) is 12.0 Å². The number of nitrogens with one attached hydrogen (secondary N) is 2. The van der Waals surface area contributed by atoms with Gasteiger partial charge in [-0.2, -0.15) is 0 Å². The zero-order valence-electron chi connectivity index (χ0n) is 10.9. The van der Waals surface area contributed by atoms with E-state index in [1.54, 1.807) is 0 Å². The SMILES string of the molecule is CC(=O)N[C@H](CCC=O)C(=O)NCc1ccccc1. The predicted molar refractivity (Wildman–Crippen MR) is 71.2 cm³/mol. The number of carbonyl (C=O) groups is 3. The van der Waals surface area contributed by atoms with Gasteiger partial charge in [0.25, 0.3) is 0 Å². The second kappa shape index (κ2) is 8.02. The van der Waals surface area contributed by atoms with Gasteiger partial charge in [0.15, 0.2) is 0 Å². The van der Waals surface area contributed by atoms with Crippen molar-refractivity contribution in [2.24, 2.45) is 0 Å². The molecule has 0 spiro atoms. The van der Waals surface area contributed by atoms with Gasteiger partial charge < -0.3 is 15.4 Å². The Morgan fingerprint density at radius 1 is 1.26 bits per heavy atom. The quantitative estimate of drug-likeness (QED) is 0.713. The highest BCUT2D eigenvalue weighted by molar-refractivity contribution is 5.86. The Kier molecular flexibility index (Phi) is 6.29. The second-order valence-electron chi connectivity index (χ2n) is 4.20. The molecule has 0 fully saturated rings. The van der Waals surface area contributed by atoms with Crippen molar-refractivity contribution in [2.75, 3.05) is 0 Å². The number of benzene rings is 1. The van der Waals surface area contributed by atoms with Crippen molar-refractivity contribution in [1.29, 1.82) is 0 Å². The lowest BCUT2D eigenvalue weighted by Gasteiger charge is -2.16. The molecule has 1 aromatic carbocycles. The van der Waals surface area contributed by atoms with Crippen LogP contribution < -0.4 is 10.6 Å². The summed E-state index contributed by atoms with van der Waals surface area (Å²) in [5.41, 5.74) is 0.979. The maximum atomic E-state index is 11.9. The van der Waals surface area contributed by atoms with E-state index in [1.807, 2.05) is 30.3 Å². The lowest BCUT2D eigenvalue weighted by Crippen LogP contribution is -2.45. The fourth-order valence-electron chi connectivity index (χ4n) is 1.66. The minimum Gasteiger partial charge on any atom is -0.350 e. The van der Waals surface area contributed by atoms with E-state index in [-0.39, 0.29) is 18.2 Å². The molecule has 5 nitrogen and oxygen atoms in total. The average Bonchev–Trinajstić information content (AvgIpc) is 2.41. The number of rotatable bonds is 7. The topological polar surface area (TPSA) is 75.3 Å². The Morgan fingerprint density at radius 2 is 1.95 bits per heavy atom. The largest absolute Gasteiger partial charge is 0.350 e. The summed E-state index contributed by atoms with van der Waals surface area (Å²) in [6.45, 7) is 1.75. The molecule has 1 aromatic rings. The second-order valence-corrected chi connectivity index (χ2v) is 4.20. The molecule has 0 saturated heterocycles. The molecule has 0 bridgehead atoms. The third kappa shape index (κ3) is 5.81. The molecular weight excluding hydrogens is 244 g/mol. The van der Waals surface area contributed by atoms with Crippen molar-refractivity contribution < 1.29 is 14.4 Å². The van der Waals surface area contributed by atoms with Crippen molar-refractivity contribution >= 4 is 18.1 Å². The standard InChI is InChI=1S/C14H18N2O3/c1-11(18)16-13(8-5-9-17)14(19)15-10-12-6-3-2-4-7-12/h2-4,6-7,9,13H,5,8,10H2,1H3,(H,15,19)(H,16,18)/t13-/m1/s1. The summed E-state index contributed by atoms with van der Waals surface area (Å²) >= 11 is 0. The summed E-state index contributed by atoms with van der Waals surface area (Å²) in [5, 5.41) is 5.28. The summed E-state index contributed by atoms with van der Waals surface area (Å²) in [7, 11) is 0. The third-order valence-electron chi connectivity index (χ3n) is 2.58. The summed E-state index contributed by atoms with van der Waals surface area (Å²) in [4.78, 5) is 33.3. The number of aldehydes is 1. The number of hydrogen-bond donors (Lipinski definition) is 2. The van der Waals surface area contributed by atoms with Crippen molar-refractivity contribution in [1.82, 2.24) is 10.6 Å². The molecule has 1 atom stereocenters. The third-order valence-corrected chi connectivity index (χ3v) is 2.58. The predicted octanol–water partition coefficient (Wildman–Crippen LogP) is 0.787. The average molecular weight is 262 g/mol. The fourth-order valence-corrected chi connectivity index (χ4v) is 1.66. The molecule has 102 valence electrons. The van der Waals surface area contributed by atoms with Crippen LogP contribution in [0.5, 0.6) is 0 Å². The maximum Gasteiger partial charge on any atom is 0.242 e. The first-order valence-electron chi connectivity index (χ1n) is 6.16. The molecule has 0 radical (unpaired) electrons. The maximum absolute atomic E-state index is 11.9. The van der Waals surface area contributed by atoms with Crippen molar-refractivity contribution in [3.05, 3.63) is 35.9 Å². The van der Waals surface area contributed by atoms with Gasteiger partial charge in [-0.25, -0.2) is 0 Å². The zero-order chi connectivity index (χ0) is 14.1. The molecule has 1 rings (SSSR count). The molecule has 0 saturated carbocycles. The summed E-state index contributed by atoms with van der Waals surface area (Å²) in [6.07, 6.45) is 1.28. The van der Waals surface area contributed by atoms with Gasteiger partial charge in [0, 0.05) is 19.9 Å². The van der Waals surface area contributed by atoms with E-state index in [4.69, 9.17) is 0 Å². The monoisotopic (exact) mass is 262 g/mol. The summed E-state index contributed by atoms with van der Waals surface area (Å²) in [6, 6.07) is 8.82. The van der Waals surface area contributed by atoms with Gasteiger partial charge in [0.1, 0.15) is 12.3 Å². The van der Waals surface area contributed by atoms with Crippen LogP contribution in [0.2, 0.25) is 0 Å². The van der Waals surface area contributed by atoms with Gasteiger partial charge in [0.2, 0.25) is 11.8 Å². The molecular formula is C14H18N2O3. The van der Waals surface area contributed by atoms with Crippen LogP contribution in [0, 0.1) is 0 Å². The summed E-state index contributed by atoms with van der Waals surface area (Å²) in [5.74, 6) is -0.563. The van der Waals surface area contributed by atoms with Gasteiger partial charge >= 0.3 is 0 Å². The summed E-state index contributed by atoms with van der Waals surface area (Å²) < 4.78 is 0. The number of amides is 2. The molecule has 0 aliphatic carbocycles. The smallest absolute Gasteiger partial charge is 0.242 e. The molecule has 0 aliphatic heterocycles. The Bertz CT molecular complexity index is 432. The van der Waals surface area contributed by atoms with E-state index in [2.05, 4.69) is 10.6 Å². The van der Waals surface area contributed by atoms with E-state index >= 15 is 0 Å². The van der Waals surface area contributed by atoms with Gasteiger partial charge in [0.05, 0.1) is 0 Å². The molecule has 2 N–H and O–H groups in total. The van der Waals surface area contributed by atoms with Crippen LogP contribution in [0.25, 0.3) is 0 Å². The molecule has 19 heavy (non-hydrogen) atoms. The molecule has 5 heteroatoms. The highest BCUT2D eigenvalue weighted by Gasteiger charge is 2.18. The highest BCUT2D eigenvalue weighted by atomic mass is 16.2. The van der Waals surface area contributed by atoms with Crippen LogP contribution in [0.15, 0.2) is 30.3 Å². The lowest BCUT2D eigenvalue weighted by atomic mass is 10.1. The van der Waals surface area contributed by atoms with Gasteiger partial charge in [-0.3, -0.25) is 9.59 Å². The van der Waals surface area contributed by atoms with E-state index in [9.17, 15) is 14.4 Å². The van der Waals surface area contributed by atoms with Crippen molar-refractivity contribution in [2.45, 2.75) is 32.4 Å². The van der Waals surface area contributed by atoms with Gasteiger partial charge in [-0.1, -0.05) is 30.3 Å². The van der Waals surface area contributed by atoms with Crippen LogP contribution in [0.4, 0.5) is 0 Å². The Morgan fingerprint density at radius 3 is 2.53 bits per heavy atom. The fraction of sp³-hybridized carbons (Fsp3) is 0.357. The first kappa shape index (κ1) is 14.9.